The van der Waals surface area contributed by atoms with Gasteiger partial charge in [-0.15, -0.1) is 0 Å². The third kappa shape index (κ3) is 4.80. The maximum Gasteiger partial charge on any atom is 0.266 e. The van der Waals surface area contributed by atoms with Crippen molar-refractivity contribution < 1.29 is 23.9 Å². The normalized spacial score (nSPS) is 20.7. The van der Waals surface area contributed by atoms with Crippen molar-refractivity contribution >= 4 is 58.0 Å². The monoisotopic (exact) mass is 574 g/mol. The summed E-state index contributed by atoms with van der Waals surface area (Å²) in [4.78, 5) is 34.7. The summed E-state index contributed by atoms with van der Waals surface area (Å²) in [5.41, 5.74) is 1.71. The van der Waals surface area contributed by atoms with Gasteiger partial charge in [0.15, 0.2) is 17.6 Å². The molecule has 3 atom stereocenters. The summed E-state index contributed by atoms with van der Waals surface area (Å²) in [7, 11) is 1.56. The van der Waals surface area contributed by atoms with Gasteiger partial charge < -0.3 is 9.47 Å². The quantitative estimate of drug-likeness (QED) is 0.215. The van der Waals surface area contributed by atoms with Crippen molar-refractivity contribution in [2.24, 2.45) is 5.92 Å². The molecule has 0 aromatic heterocycles. The van der Waals surface area contributed by atoms with E-state index in [1.54, 1.807) is 48.6 Å². The number of carbonyl (C=O) groups is 2. The van der Waals surface area contributed by atoms with Crippen LogP contribution in [0.15, 0.2) is 60.7 Å². The molecule has 0 radical (unpaired) electrons. The van der Waals surface area contributed by atoms with E-state index in [4.69, 9.17) is 49.1 Å². The third-order valence-corrected chi connectivity index (χ3v) is 7.63. The van der Waals surface area contributed by atoms with Crippen LogP contribution in [0.3, 0.4) is 0 Å². The van der Waals surface area contributed by atoms with Crippen LogP contribution in [0.5, 0.6) is 11.5 Å². The number of hydrogen-bond acceptors (Lipinski definition) is 6. The van der Waals surface area contributed by atoms with E-state index >= 15 is 0 Å². The van der Waals surface area contributed by atoms with E-state index in [0.717, 1.165) is 23.3 Å². The van der Waals surface area contributed by atoms with E-state index in [1.807, 2.05) is 18.2 Å². The van der Waals surface area contributed by atoms with Crippen molar-refractivity contribution in [1.29, 1.82) is 0 Å². The van der Waals surface area contributed by atoms with Gasteiger partial charge in [-0.3, -0.25) is 14.4 Å². The van der Waals surface area contributed by atoms with Crippen molar-refractivity contribution in [2.45, 2.75) is 31.9 Å². The Morgan fingerprint density at radius 2 is 1.61 bits per heavy atom. The van der Waals surface area contributed by atoms with E-state index in [0.29, 0.717) is 39.5 Å². The number of unbranched alkanes of at least 4 members (excludes halogenated alkanes) is 1. The molecule has 0 spiro atoms. The number of rotatable bonds is 8. The molecule has 38 heavy (non-hydrogen) atoms. The molecule has 0 bridgehead atoms. The number of ether oxygens (including phenoxy) is 2. The predicted octanol–water partition coefficient (Wildman–Crippen LogP) is 6.89. The molecule has 2 amide bonds. The lowest BCUT2D eigenvalue weighted by Crippen LogP contribution is -2.37. The molecule has 2 fully saturated rings. The van der Waals surface area contributed by atoms with Crippen molar-refractivity contribution in [3.63, 3.8) is 0 Å². The van der Waals surface area contributed by atoms with Crippen LogP contribution in [-0.4, -0.2) is 31.6 Å². The highest BCUT2D eigenvalue weighted by atomic mass is 35.5. The van der Waals surface area contributed by atoms with Crippen LogP contribution in [-0.2, 0) is 14.4 Å². The van der Waals surface area contributed by atoms with Crippen LogP contribution in [0.4, 0.5) is 11.4 Å². The lowest BCUT2D eigenvalue weighted by molar-refractivity contribution is -0.126. The molecule has 3 aromatic rings. The van der Waals surface area contributed by atoms with Crippen LogP contribution in [0.2, 0.25) is 15.1 Å². The van der Waals surface area contributed by atoms with Crippen LogP contribution < -0.4 is 19.4 Å². The number of hydroxylamine groups is 1. The molecule has 10 heteroatoms. The van der Waals surface area contributed by atoms with Gasteiger partial charge in [0.25, 0.3) is 5.91 Å². The first-order valence-corrected chi connectivity index (χ1v) is 13.3. The molecule has 5 rings (SSSR count). The topological polar surface area (TPSA) is 68.3 Å². The lowest BCUT2D eigenvalue weighted by Gasteiger charge is -2.29. The first kappa shape index (κ1) is 26.6. The molecule has 0 aliphatic carbocycles. The molecule has 0 unspecified atom stereocenters. The third-order valence-electron chi connectivity index (χ3n) is 6.64. The second-order valence-corrected chi connectivity index (χ2v) is 10.3. The van der Waals surface area contributed by atoms with E-state index in [9.17, 15) is 9.59 Å². The highest BCUT2D eigenvalue weighted by Crippen LogP contribution is 2.49. The smallest absolute Gasteiger partial charge is 0.266 e. The SMILES string of the molecule is CCCCOc1ccc([C@@H]2[C@@H]3C(=O)N(c4ccc(Cl)c(Cl)c4)C(=O)[C@@H]3ON2c2ccc(Cl)cc2)cc1OC. The molecule has 7 nitrogen and oxygen atoms in total. The van der Waals surface area contributed by atoms with E-state index < -0.39 is 29.9 Å². The Kier molecular flexibility index (Phi) is 7.73. The second kappa shape index (κ2) is 11.0. The average Bonchev–Trinajstić information content (AvgIpc) is 3.42. The predicted molar refractivity (Wildman–Crippen MR) is 147 cm³/mol. The first-order chi connectivity index (χ1) is 18.3. The minimum Gasteiger partial charge on any atom is -0.493 e. The zero-order valence-electron chi connectivity index (χ0n) is 20.7. The van der Waals surface area contributed by atoms with Gasteiger partial charge >= 0.3 is 0 Å². The number of carbonyl (C=O) groups excluding carboxylic acids is 2. The Labute approximate surface area is 235 Å². The van der Waals surface area contributed by atoms with E-state index in [1.165, 1.54) is 6.07 Å². The highest BCUT2D eigenvalue weighted by molar-refractivity contribution is 6.42. The van der Waals surface area contributed by atoms with Crippen molar-refractivity contribution in [3.05, 3.63) is 81.3 Å². The maximum absolute atomic E-state index is 13.8. The number of imide groups is 1. The summed E-state index contributed by atoms with van der Waals surface area (Å²) in [5, 5.41) is 2.72. The molecule has 2 heterocycles. The maximum atomic E-state index is 13.8. The van der Waals surface area contributed by atoms with Crippen molar-refractivity contribution in [3.8, 4) is 11.5 Å². The van der Waals surface area contributed by atoms with Gasteiger partial charge in [0.05, 0.1) is 41.2 Å². The fourth-order valence-corrected chi connectivity index (χ4v) is 5.18. The standard InChI is InChI=1S/C28H25Cl3N2O5/c1-3-4-13-37-22-12-5-16(14-23(22)36-2)25-24-26(38-33(25)18-8-6-17(29)7-9-18)28(35)32(27(24)34)19-10-11-20(30)21(31)15-19/h5-12,14-15,24-26H,3-4,13H2,1-2H3/t24-,25+,26+/m0/s1. The molecule has 2 aliphatic heterocycles. The Morgan fingerprint density at radius 3 is 2.29 bits per heavy atom. The Hall–Kier alpha value is -2.97. The minimum absolute atomic E-state index is 0.241. The van der Waals surface area contributed by atoms with Crippen LogP contribution in [0.25, 0.3) is 0 Å². The zero-order chi connectivity index (χ0) is 27.0. The summed E-state index contributed by atoms with van der Waals surface area (Å²) in [5.74, 6) is -0.585. The van der Waals surface area contributed by atoms with Gasteiger partial charge in [0.1, 0.15) is 5.92 Å². The zero-order valence-corrected chi connectivity index (χ0v) is 23.0. The fraction of sp³-hybridized carbons (Fsp3) is 0.286. The van der Waals surface area contributed by atoms with Gasteiger partial charge in [-0.2, -0.15) is 0 Å². The highest BCUT2D eigenvalue weighted by Gasteiger charge is 2.60. The van der Waals surface area contributed by atoms with Crippen LogP contribution in [0.1, 0.15) is 31.4 Å². The number of hydrogen-bond donors (Lipinski definition) is 0. The van der Waals surface area contributed by atoms with Gasteiger partial charge in [0, 0.05) is 5.02 Å². The number of benzene rings is 3. The summed E-state index contributed by atoms with van der Waals surface area (Å²) in [6.07, 6.45) is 0.880. The molecule has 3 aromatic carbocycles. The number of nitrogens with zero attached hydrogens (tertiary/aromatic N) is 2. The minimum atomic E-state index is -1.04. The summed E-state index contributed by atoms with van der Waals surface area (Å²) in [6.45, 7) is 2.65. The van der Waals surface area contributed by atoms with Gasteiger partial charge in [-0.1, -0.05) is 54.2 Å². The Morgan fingerprint density at radius 1 is 0.868 bits per heavy atom. The second-order valence-electron chi connectivity index (χ2n) is 9.02. The van der Waals surface area contributed by atoms with Gasteiger partial charge in [-0.05, 0) is 66.6 Å². The largest absolute Gasteiger partial charge is 0.493 e. The lowest BCUT2D eigenvalue weighted by atomic mass is 9.90. The molecular formula is C28H25Cl3N2O5. The molecule has 198 valence electrons. The molecule has 0 saturated carbocycles. The van der Waals surface area contributed by atoms with E-state index in [2.05, 4.69) is 6.92 Å². The number of fused-ring (bicyclic) bond motifs is 1. The molecule has 2 aliphatic rings. The number of methoxy groups -OCH3 is 1. The first-order valence-electron chi connectivity index (χ1n) is 12.2. The summed E-state index contributed by atoms with van der Waals surface area (Å²) in [6, 6.07) is 16.5. The molecule has 0 N–H and O–H groups in total. The van der Waals surface area contributed by atoms with Crippen LogP contribution in [0, 0.1) is 5.92 Å². The Bertz CT molecular complexity index is 1370. The van der Waals surface area contributed by atoms with Crippen LogP contribution >= 0.6 is 34.8 Å². The molecular weight excluding hydrogens is 551 g/mol. The average molecular weight is 576 g/mol. The van der Waals surface area contributed by atoms with Crippen molar-refractivity contribution in [1.82, 2.24) is 0 Å². The molecule has 2 saturated heterocycles. The number of amides is 2. The van der Waals surface area contributed by atoms with E-state index in [-0.39, 0.29) is 5.02 Å². The van der Waals surface area contributed by atoms with Gasteiger partial charge in [-0.25, -0.2) is 9.96 Å². The van der Waals surface area contributed by atoms with Crippen molar-refractivity contribution in [2.75, 3.05) is 23.7 Å². The number of halogens is 3. The van der Waals surface area contributed by atoms with Gasteiger partial charge in [0.2, 0.25) is 5.91 Å². The number of anilines is 2. The Balaban J connectivity index is 1.55. The fourth-order valence-electron chi connectivity index (χ4n) is 4.76. The summed E-state index contributed by atoms with van der Waals surface area (Å²) >= 11 is 18.3. The summed E-state index contributed by atoms with van der Waals surface area (Å²) < 4.78 is 11.5.